The van der Waals surface area contributed by atoms with Gasteiger partial charge >= 0.3 is 0 Å². The van der Waals surface area contributed by atoms with E-state index < -0.39 is 5.82 Å². The lowest BCUT2D eigenvalue weighted by Gasteiger charge is -2.31. The summed E-state index contributed by atoms with van der Waals surface area (Å²) in [6.07, 6.45) is 4.01. The van der Waals surface area contributed by atoms with Gasteiger partial charge in [0.1, 0.15) is 0 Å². The van der Waals surface area contributed by atoms with Crippen LogP contribution in [0.2, 0.25) is 0 Å². The van der Waals surface area contributed by atoms with Crippen LogP contribution in [-0.4, -0.2) is 40.6 Å². The Hall–Kier alpha value is -1.49. The quantitative estimate of drug-likeness (QED) is 0.838. The number of rotatable bonds is 2. The molecule has 1 saturated heterocycles. The molecule has 0 bridgehead atoms. The molecule has 1 aliphatic heterocycles. The highest BCUT2D eigenvalue weighted by Gasteiger charge is 2.24. The topological polar surface area (TPSA) is 53.4 Å². The zero-order chi connectivity index (χ0) is 12.3. The number of pyridine rings is 1. The predicted molar refractivity (Wildman–Crippen MR) is 59.9 cm³/mol. The second kappa shape index (κ2) is 5.23. The Labute approximate surface area is 99.1 Å². The average molecular weight is 238 g/mol. The van der Waals surface area contributed by atoms with Gasteiger partial charge in [-0.2, -0.15) is 0 Å². The second-order valence-corrected chi connectivity index (χ2v) is 4.27. The van der Waals surface area contributed by atoms with Crippen molar-refractivity contribution in [2.45, 2.75) is 12.8 Å². The van der Waals surface area contributed by atoms with E-state index >= 15 is 0 Å². The molecular formula is C12H15FN2O2. The molecule has 1 N–H and O–H groups in total. The minimum Gasteiger partial charge on any atom is -0.396 e. The number of hydrogen-bond acceptors (Lipinski definition) is 3. The lowest BCUT2D eigenvalue weighted by molar-refractivity contribution is 0.0646. The van der Waals surface area contributed by atoms with E-state index in [0.717, 1.165) is 19.0 Å². The molecule has 0 aromatic carbocycles. The van der Waals surface area contributed by atoms with Crippen molar-refractivity contribution in [3.8, 4) is 0 Å². The summed E-state index contributed by atoms with van der Waals surface area (Å²) in [5.74, 6) is -0.607. The van der Waals surface area contributed by atoms with Gasteiger partial charge in [-0.05, 0) is 24.8 Å². The highest BCUT2D eigenvalue weighted by Crippen LogP contribution is 2.19. The first kappa shape index (κ1) is 12.0. The van der Waals surface area contributed by atoms with E-state index in [9.17, 15) is 9.18 Å². The van der Waals surface area contributed by atoms with Crippen molar-refractivity contribution < 1.29 is 14.3 Å². The van der Waals surface area contributed by atoms with E-state index in [1.165, 1.54) is 12.3 Å². The molecule has 5 heteroatoms. The summed E-state index contributed by atoms with van der Waals surface area (Å²) in [5, 5.41) is 9.01. The Balaban J connectivity index is 2.04. The molecule has 0 atom stereocenters. The summed E-state index contributed by atoms with van der Waals surface area (Å²) in [6, 6.07) is 1.40. The number of nitrogens with zero attached hydrogens (tertiary/aromatic N) is 2. The normalized spacial score (nSPS) is 17.2. The Morgan fingerprint density at radius 2 is 2.24 bits per heavy atom. The van der Waals surface area contributed by atoms with Crippen molar-refractivity contribution in [1.29, 1.82) is 0 Å². The maximum Gasteiger partial charge on any atom is 0.256 e. The minimum atomic E-state index is -0.582. The lowest BCUT2D eigenvalue weighted by atomic mass is 9.97. The Morgan fingerprint density at radius 3 is 2.82 bits per heavy atom. The van der Waals surface area contributed by atoms with E-state index in [0.29, 0.717) is 13.1 Å². The van der Waals surface area contributed by atoms with Crippen LogP contribution in [-0.2, 0) is 0 Å². The third-order valence-electron chi connectivity index (χ3n) is 3.16. The molecule has 1 aromatic heterocycles. The lowest BCUT2D eigenvalue weighted by Crippen LogP contribution is -2.39. The van der Waals surface area contributed by atoms with Gasteiger partial charge in [0.2, 0.25) is 0 Å². The first-order valence-corrected chi connectivity index (χ1v) is 5.72. The van der Waals surface area contributed by atoms with Crippen LogP contribution in [0.1, 0.15) is 23.2 Å². The summed E-state index contributed by atoms with van der Waals surface area (Å²) in [5.41, 5.74) is 0.0717. The molecule has 0 aliphatic carbocycles. The van der Waals surface area contributed by atoms with Gasteiger partial charge in [-0.15, -0.1) is 0 Å². The third-order valence-corrected chi connectivity index (χ3v) is 3.16. The molecule has 1 aliphatic rings. The van der Waals surface area contributed by atoms with Crippen LogP contribution in [0.4, 0.5) is 4.39 Å². The van der Waals surface area contributed by atoms with Gasteiger partial charge < -0.3 is 10.0 Å². The van der Waals surface area contributed by atoms with Crippen molar-refractivity contribution in [3.05, 3.63) is 29.8 Å². The van der Waals surface area contributed by atoms with Gasteiger partial charge in [-0.3, -0.25) is 9.78 Å². The molecule has 2 heterocycles. The van der Waals surface area contributed by atoms with Crippen LogP contribution in [0.5, 0.6) is 0 Å². The molecule has 4 nitrogen and oxygen atoms in total. The fourth-order valence-electron chi connectivity index (χ4n) is 2.04. The summed E-state index contributed by atoms with van der Waals surface area (Å²) in [4.78, 5) is 17.3. The third kappa shape index (κ3) is 2.61. The summed E-state index contributed by atoms with van der Waals surface area (Å²) < 4.78 is 13.4. The molecule has 2 rings (SSSR count). The van der Waals surface area contributed by atoms with E-state index in [-0.39, 0.29) is 24.0 Å². The number of likely N-dealkylation sites (tertiary alicyclic amines) is 1. The molecule has 0 unspecified atom stereocenters. The zero-order valence-corrected chi connectivity index (χ0v) is 9.47. The predicted octanol–water partition coefficient (Wildman–Crippen LogP) is 1.07. The summed E-state index contributed by atoms with van der Waals surface area (Å²) >= 11 is 0. The van der Waals surface area contributed by atoms with Crippen molar-refractivity contribution in [2.75, 3.05) is 19.7 Å². The molecule has 1 amide bonds. The van der Waals surface area contributed by atoms with Crippen molar-refractivity contribution in [3.63, 3.8) is 0 Å². The van der Waals surface area contributed by atoms with Crippen molar-refractivity contribution in [1.82, 2.24) is 9.88 Å². The number of carbonyl (C=O) groups is 1. The number of hydrogen-bond donors (Lipinski definition) is 1. The van der Waals surface area contributed by atoms with E-state index in [4.69, 9.17) is 5.11 Å². The second-order valence-electron chi connectivity index (χ2n) is 4.27. The number of halogens is 1. The van der Waals surface area contributed by atoms with Gasteiger partial charge in [0.05, 0.1) is 11.8 Å². The maximum absolute atomic E-state index is 13.4. The Morgan fingerprint density at radius 1 is 1.53 bits per heavy atom. The van der Waals surface area contributed by atoms with Crippen LogP contribution in [0.15, 0.2) is 18.5 Å². The van der Waals surface area contributed by atoms with E-state index in [1.807, 2.05) is 0 Å². The largest absolute Gasteiger partial charge is 0.396 e. The number of carbonyl (C=O) groups excluding carboxylic acids is 1. The smallest absolute Gasteiger partial charge is 0.256 e. The number of piperidine rings is 1. The van der Waals surface area contributed by atoms with Gasteiger partial charge in [0.25, 0.3) is 5.91 Å². The molecule has 1 fully saturated rings. The van der Waals surface area contributed by atoms with Crippen LogP contribution < -0.4 is 0 Å². The molecule has 17 heavy (non-hydrogen) atoms. The van der Waals surface area contributed by atoms with Gasteiger partial charge in [-0.1, -0.05) is 0 Å². The van der Waals surface area contributed by atoms with E-state index in [1.54, 1.807) is 4.90 Å². The average Bonchev–Trinajstić information content (AvgIpc) is 2.39. The molecule has 92 valence electrons. The maximum atomic E-state index is 13.4. The van der Waals surface area contributed by atoms with Crippen molar-refractivity contribution in [2.24, 2.45) is 5.92 Å². The number of aliphatic hydroxyl groups excluding tert-OH is 1. The van der Waals surface area contributed by atoms with Crippen LogP contribution >= 0.6 is 0 Å². The SMILES string of the molecule is O=C(c1ccncc1F)N1CCC(CO)CC1. The van der Waals surface area contributed by atoms with Crippen LogP contribution in [0.3, 0.4) is 0 Å². The van der Waals surface area contributed by atoms with Crippen molar-refractivity contribution >= 4 is 5.91 Å². The first-order valence-electron chi connectivity index (χ1n) is 5.72. The molecule has 0 spiro atoms. The van der Waals surface area contributed by atoms with Crippen LogP contribution in [0.25, 0.3) is 0 Å². The molecule has 0 radical (unpaired) electrons. The zero-order valence-electron chi connectivity index (χ0n) is 9.47. The molecule has 0 saturated carbocycles. The van der Waals surface area contributed by atoms with Gasteiger partial charge in [0.15, 0.2) is 5.82 Å². The van der Waals surface area contributed by atoms with Gasteiger partial charge in [0, 0.05) is 25.9 Å². The molecule has 1 aromatic rings. The number of aliphatic hydroxyl groups is 1. The summed E-state index contributed by atoms with van der Waals surface area (Å²) in [6.45, 7) is 1.31. The first-order chi connectivity index (χ1) is 8.22. The minimum absolute atomic E-state index is 0.0717. The molecular weight excluding hydrogens is 223 g/mol. The summed E-state index contributed by atoms with van der Waals surface area (Å²) in [7, 11) is 0. The number of amides is 1. The monoisotopic (exact) mass is 238 g/mol. The van der Waals surface area contributed by atoms with Crippen LogP contribution in [0, 0.1) is 11.7 Å². The Kier molecular flexibility index (Phi) is 3.68. The fraction of sp³-hybridized carbons (Fsp3) is 0.500. The standard InChI is InChI=1S/C12H15FN2O2/c13-11-7-14-4-1-10(11)12(17)15-5-2-9(8-16)3-6-15/h1,4,7,9,16H,2-3,5-6,8H2. The Bertz CT molecular complexity index is 403. The highest BCUT2D eigenvalue weighted by molar-refractivity contribution is 5.94. The number of aromatic nitrogens is 1. The van der Waals surface area contributed by atoms with Gasteiger partial charge in [-0.25, -0.2) is 4.39 Å². The van der Waals surface area contributed by atoms with E-state index in [2.05, 4.69) is 4.98 Å². The fourth-order valence-corrected chi connectivity index (χ4v) is 2.04. The highest BCUT2D eigenvalue weighted by atomic mass is 19.1.